The highest BCUT2D eigenvalue weighted by Gasteiger charge is 2.12. The summed E-state index contributed by atoms with van der Waals surface area (Å²) < 4.78 is 0. The van der Waals surface area contributed by atoms with E-state index in [9.17, 15) is 9.59 Å². The number of hydrogen-bond acceptors (Lipinski definition) is 5. The largest absolute Gasteiger partial charge is 0.348 e. The number of rotatable bonds is 11. The summed E-state index contributed by atoms with van der Waals surface area (Å²) in [5.74, 6) is -0.383. The molecule has 1 unspecified atom stereocenters. The summed E-state index contributed by atoms with van der Waals surface area (Å²) in [5, 5.41) is 8.76. The molecule has 2 amide bonds. The molecule has 2 aromatic rings. The lowest BCUT2D eigenvalue weighted by Crippen LogP contribution is -2.32. The fourth-order valence-electron chi connectivity index (χ4n) is 3.27. The minimum Gasteiger partial charge on any atom is -0.348 e. The van der Waals surface area contributed by atoms with Crippen LogP contribution in [-0.4, -0.2) is 38.0 Å². The molecule has 34 heavy (non-hydrogen) atoms. The van der Waals surface area contributed by atoms with Gasteiger partial charge in [0.05, 0.1) is 0 Å². The molecule has 0 radical (unpaired) electrons. The van der Waals surface area contributed by atoms with Crippen LogP contribution in [0.2, 0.25) is 0 Å². The second kappa shape index (κ2) is 15.6. The fraction of sp³-hybridized carbons (Fsp3) is 0.333. The van der Waals surface area contributed by atoms with Crippen LogP contribution in [0, 0.1) is 6.92 Å². The molecular weight excluding hydrogens is 426 g/mol. The number of nitrogens with two attached hydrogens (primary N) is 2. The lowest BCUT2D eigenvalue weighted by molar-refractivity contribution is -0.116. The zero-order chi connectivity index (χ0) is 25.5. The Labute approximate surface area is 203 Å². The van der Waals surface area contributed by atoms with E-state index in [-0.39, 0.29) is 24.8 Å². The molecule has 7 nitrogen and oxygen atoms in total. The maximum atomic E-state index is 12.7. The Morgan fingerprint density at radius 1 is 1.12 bits per heavy atom. The molecule has 7 N–H and O–H groups in total. The zero-order valence-corrected chi connectivity index (χ0v) is 20.6. The Morgan fingerprint density at radius 2 is 1.85 bits per heavy atom. The first-order valence-electron chi connectivity index (χ1n) is 11.5. The Kier molecular flexibility index (Phi) is 13.2. The third kappa shape index (κ3) is 8.94. The van der Waals surface area contributed by atoms with Crippen LogP contribution in [0.25, 0.3) is 12.2 Å². The molecule has 0 aliphatic rings. The molecule has 0 heterocycles. The number of carbonyl (C=O) groups excluding carboxylic acids is 2. The minimum atomic E-state index is -0.207. The molecule has 0 saturated carbocycles. The van der Waals surface area contributed by atoms with Crippen molar-refractivity contribution in [2.75, 3.05) is 25.5 Å². The van der Waals surface area contributed by atoms with Gasteiger partial charge in [-0.05, 0) is 54.8 Å². The van der Waals surface area contributed by atoms with E-state index in [4.69, 9.17) is 11.5 Å². The normalized spacial score (nSPS) is 11.0. The van der Waals surface area contributed by atoms with Crippen molar-refractivity contribution in [3.8, 4) is 0 Å². The molecule has 0 aliphatic carbocycles. The van der Waals surface area contributed by atoms with E-state index in [1.165, 1.54) is 0 Å². The van der Waals surface area contributed by atoms with Gasteiger partial charge in [-0.2, -0.15) is 0 Å². The number of hydrogen-bond donors (Lipinski definition) is 5. The van der Waals surface area contributed by atoms with Crippen molar-refractivity contribution in [1.29, 1.82) is 0 Å². The molecule has 0 aromatic heterocycles. The number of benzene rings is 2. The number of aryl methyl sites for hydroxylation is 1. The van der Waals surface area contributed by atoms with Crippen molar-refractivity contribution in [2.45, 2.75) is 39.3 Å². The van der Waals surface area contributed by atoms with Gasteiger partial charge in [0.2, 0.25) is 5.91 Å². The third-order valence-corrected chi connectivity index (χ3v) is 5.42. The van der Waals surface area contributed by atoms with Crippen molar-refractivity contribution in [1.82, 2.24) is 10.6 Å². The molecule has 184 valence electrons. The fourth-order valence-corrected chi connectivity index (χ4v) is 3.27. The third-order valence-electron chi connectivity index (χ3n) is 5.42. The molecule has 7 heteroatoms. The topological polar surface area (TPSA) is 122 Å². The number of carbonyl (C=O) groups is 2. The van der Waals surface area contributed by atoms with Gasteiger partial charge < -0.3 is 27.4 Å². The lowest BCUT2D eigenvalue weighted by Gasteiger charge is -2.13. The quantitative estimate of drug-likeness (QED) is 0.348. The van der Waals surface area contributed by atoms with Crippen molar-refractivity contribution in [2.24, 2.45) is 11.5 Å². The van der Waals surface area contributed by atoms with Crippen LogP contribution in [0.4, 0.5) is 5.69 Å². The van der Waals surface area contributed by atoms with Crippen LogP contribution in [0.3, 0.4) is 0 Å². The van der Waals surface area contributed by atoms with E-state index < -0.39 is 0 Å². The van der Waals surface area contributed by atoms with Gasteiger partial charge in [0.1, 0.15) is 0 Å². The highest BCUT2D eigenvalue weighted by molar-refractivity contribution is 5.98. The van der Waals surface area contributed by atoms with Crippen molar-refractivity contribution in [3.63, 3.8) is 0 Å². The monoisotopic (exact) mass is 465 g/mol. The van der Waals surface area contributed by atoms with Gasteiger partial charge in [0.15, 0.2) is 0 Å². The summed E-state index contributed by atoms with van der Waals surface area (Å²) in [6.07, 6.45) is 4.88. The van der Waals surface area contributed by atoms with Crippen LogP contribution in [0.5, 0.6) is 0 Å². The molecular formula is C27H39N5O2. The standard InChI is InChI=1S/C22H25N3O2.C5H14N2/c1-4-16-7-6-8-17(19(16)5-2)14-24-22(27)20-13-18(10-9-15(20)3)25-21(26)11-12-23;1-3-5(4-6)7-2/h4-10,13H,1-2,11-12,14,23H2,3H3,(H,24,27)(H,25,26);5,7H,3-4,6H2,1-2H3. The van der Waals surface area contributed by atoms with Crippen molar-refractivity contribution in [3.05, 3.63) is 77.4 Å². The van der Waals surface area contributed by atoms with E-state index in [0.717, 1.165) is 35.2 Å². The van der Waals surface area contributed by atoms with Gasteiger partial charge in [-0.15, -0.1) is 0 Å². The summed E-state index contributed by atoms with van der Waals surface area (Å²) in [6.45, 7) is 13.0. The van der Waals surface area contributed by atoms with Crippen LogP contribution >= 0.6 is 0 Å². The molecule has 0 bridgehead atoms. The smallest absolute Gasteiger partial charge is 0.251 e. The second-order valence-electron chi connectivity index (χ2n) is 7.76. The van der Waals surface area contributed by atoms with Crippen molar-refractivity contribution >= 4 is 29.7 Å². The summed E-state index contributed by atoms with van der Waals surface area (Å²) in [5.41, 5.74) is 15.5. The van der Waals surface area contributed by atoms with Gasteiger partial charge in [-0.3, -0.25) is 9.59 Å². The van der Waals surface area contributed by atoms with Gasteiger partial charge in [-0.25, -0.2) is 0 Å². The Bertz CT molecular complexity index is 962. The van der Waals surface area contributed by atoms with E-state index in [2.05, 4.69) is 36.0 Å². The van der Waals surface area contributed by atoms with Crippen LogP contribution < -0.4 is 27.4 Å². The van der Waals surface area contributed by atoms with Gasteiger partial charge in [-0.1, -0.05) is 56.5 Å². The molecule has 2 rings (SSSR count). The molecule has 2 aromatic carbocycles. The second-order valence-corrected chi connectivity index (χ2v) is 7.76. The summed E-state index contributed by atoms with van der Waals surface area (Å²) in [4.78, 5) is 24.4. The number of likely N-dealkylation sites (N-methyl/N-ethyl adjacent to an activating group) is 1. The molecule has 0 aliphatic heterocycles. The molecule has 0 fully saturated rings. The Balaban J connectivity index is 0.000000718. The zero-order valence-electron chi connectivity index (χ0n) is 20.6. The summed E-state index contributed by atoms with van der Waals surface area (Å²) >= 11 is 0. The first-order valence-corrected chi connectivity index (χ1v) is 11.5. The van der Waals surface area contributed by atoms with E-state index in [1.54, 1.807) is 30.4 Å². The minimum absolute atomic E-state index is 0.176. The number of amides is 2. The molecule has 0 saturated heterocycles. The number of anilines is 1. The Hall–Kier alpha value is -3.26. The highest BCUT2D eigenvalue weighted by Crippen LogP contribution is 2.19. The van der Waals surface area contributed by atoms with Gasteiger partial charge >= 0.3 is 0 Å². The maximum absolute atomic E-state index is 12.7. The Morgan fingerprint density at radius 3 is 2.38 bits per heavy atom. The highest BCUT2D eigenvalue weighted by atomic mass is 16.2. The van der Waals surface area contributed by atoms with Gasteiger partial charge in [0, 0.05) is 43.3 Å². The van der Waals surface area contributed by atoms with E-state index in [0.29, 0.717) is 23.8 Å². The maximum Gasteiger partial charge on any atom is 0.251 e. The molecule has 1 atom stereocenters. The van der Waals surface area contributed by atoms with Crippen molar-refractivity contribution < 1.29 is 9.59 Å². The first kappa shape index (κ1) is 28.8. The van der Waals surface area contributed by atoms with Crippen LogP contribution in [-0.2, 0) is 11.3 Å². The lowest BCUT2D eigenvalue weighted by atomic mass is 10.0. The van der Waals surface area contributed by atoms with Crippen LogP contribution in [0.1, 0.15) is 52.4 Å². The van der Waals surface area contributed by atoms with Crippen LogP contribution in [0.15, 0.2) is 49.6 Å². The van der Waals surface area contributed by atoms with E-state index >= 15 is 0 Å². The SMILES string of the molecule is C=Cc1cccc(CNC(=O)c2cc(NC(=O)CCN)ccc2C)c1C=C.CCC(CN)NC. The average molecular weight is 466 g/mol. The average Bonchev–Trinajstić information content (AvgIpc) is 2.85. The summed E-state index contributed by atoms with van der Waals surface area (Å²) in [7, 11) is 1.93. The van der Waals surface area contributed by atoms with Gasteiger partial charge in [0.25, 0.3) is 5.91 Å². The predicted octanol–water partition coefficient (Wildman–Crippen LogP) is 3.44. The molecule has 0 spiro atoms. The summed E-state index contributed by atoms with van der Waals surface area (Å²) in [6, 6.07) is 11.6. The first-order chi connectivity index (χ1) is 16.3. The van der Waals surface area contributed by atoms with E-state index in [1.807, 2.05) is 32.2 Å². The predicted molar refractivity (Wildman–Crippen MR) is 143 cm³/mol. The number of nitrogens with one attached hydrogen (secondary N) is 3.